The summed E-state index contributed by atoms with van der Waals surface area (Å²) in [6.07, 6.45) is 0. The van der Waals surface area contributed by atoms with Gasteiger partial charge in [-0.1, -0.05) is 51.1 Å². The van der Waals surface area contributed by atoms with Crippen molar-refractivity contribution >= 4 is 17.3 Å². The van der Waals surface area contributed by atoms with Gasteiger partial charge in [0.25, 0.3) is 0 Å². The minimum absolute atomic E-state index is 0.0334. The van der Waals surface area contributed by atoms with E-state index in [1.165, 1.54) is 5.56 Å². The lowest BCUT2D eigenvalue weighted by Crippen LogP contribution is -2.32. The Kier molecular flexibility index (Phi) is 4.86. The normalized spacial score (nSPS) is 11.1. The van der Waals surface area contributed by atoms with E-state index in [0.29, 0.717) is 0 Å². The Morgan fingerprint density at radius 3 is 2.14 bits per heavy atom. The van der Waals surface area contributed by atoms with Crippen molar-refractivity contribution < 1.29 is 4.79 Å². The third-order valence-electron chi connectivity index (χ3n) is 3.71. The lowest BCUT2D eigenvalue weighted by Gasteiger charge is -2.20. The van der Waals surface area contributed by atoms with Crippen LogP contribution < -0.4 is 10.2 Å². The zero-order valence-corrected chi connectivity index (χ0v) is 13.8. The molecule has 0 unspecified atom stereocenters. The topological polar surface area (TPSA) is 32.3 Å². The van der Waals surface area contributed by atoms with Gasteiger partial charge < -0.3 is 10.2 Å². The molecule has 3 nitrogen and oxygen atoms in total. The van der Waals surface area contributed by atoms with Crippen LogP contribution in [-0.2, 0) is 10.2 Å². The molecule has 22 heavy (non-hydrogen) atoms. The molecule has 0 saturated carbocycles. The van der Waals surface area contributed by atoms with Crippen LogP contribution in [0.25, 0.3) is 0 Å². The summed E-state index contributed by atoms with van der Waals surface area (Å²) in [4.78, 5) is 13.9. The minimum atomic E-state index is 0.0334. The highest BCUT2D eigenvalue weighted by atomic mass is 16.2. The van der Waals surface area contributed by atoms with Crippen LogP contribution in [0.15, 0.2) is 54.6 Å². The van der Waals surface area contributed by atoms with E-state index in [0.717, 1.165) is 11.4 Å². The molecule has 0 bridgehead atoms. The van der Waals surface area contributed by atoms with Crippen LogP contribution in [0.2, 0.25) is 0 Å². The number of likely N-dealkylation sites (N-methyl/N-ethyl adjacent to an activating group) is 1. The van der Waals surface area contributed by atoms with Crippen molar-refractivity contribution in [1.29, 1.82) is 0 Å². The maximum atomic E-state index is 12.2. The van der Waals surface area contributed by atoms with Gasteiger partial charge in [0.1, 0.15) is 0 Å². The first-order chi connectivity index (χ1) is 10.4. The molecule has 0 radical (unpaired) electrons. The van der Waals surface area contributed by atoms with Crippen molar-refractivity contribution in [3.8, 4) is 0 Å². The van der Waals surface area contributed by atoms with E-state index in [9.17, 15) is 4.79 Å². The molecule has 0 aliphatic rings. The summed E-state index contributed by atoms with van der Waals surface area (Å²) < 4.78 is 0. The highest BCUT2D eigenvalue weighted by Crippen LogP contribution is 2.23. The van der Waals surface area contributed by atoms with Gasteiger partial charge in [-0.15, -0.1) is 0 Å². The number of nitrogens with one attached hydrogen (secondary N) is 1. The van der Waals surface area contributed by atoms with Crippen LogP contribution in [0.4, 0.5) is 11.4 Å². The second-order valence-corrected chi connectivity index (χ2v) is 6.47. The molecule has 0 fully saturated rings. The van der Waals surface area contributed by atoms with Crippen LogP contribution >= 0.6 is 0 Å². The lowest BCUT2D eigenvalue weighted by atomic mass is 9.87. The fraction of sp³-hybridized carbons (Fsp3) is 0.316. The van der Waals surface area contributed by atoms with Crippen molar-refractivity contribution in [2.24, 2.45) is 0 Å². The molecule has 0 aliphatic carbocycles. The molecule has 0 spiro atoms. The Morgan fingerprint density at radius 1 is 1.00 bits per heavy atom. The van der Waals surface area contributed by atoms with Gasteiger partial charge in [0.05, 0.1) is 6.54 Å². The molecular weight excluding hydrogens is 272 g/mol. The average Bonchev–Trinajstić information content (AvgIpc) is 2.52. The zero-order chi connectivity index (χ0) is 16.2. The van der Waals surface area contributed by atoms with Crippen molar-refractivity contribution in [2.45, 2.75) is 26.2 Å². The minimum Gasteiger partial charge on any atom is -0.376 e. The number of hydrogen-bond donors (Lipinski definition) is 1. The van der Waals surface area contributed by atoms with E-state index >= 15 is 0 Å². The van der Waals surface area contributed by atoms with Gasteiger partial charge in [0, 0.05) is 18.4 Å². The average molecular weight is 296 g/mol. The van der Waals surface area contributed by atoms with Crippen molar-refractivity contribution in [3.63, 3.8) is 0 Å². The van der Waals surface area contributed by atoms with Crippen molar-refractivity contribution in [1.82, 2.24) is 0 Å². The molecule has 116 valence electrons. The van der Waals surface area contributed by atoms with E-state index in [2.05, 4.69) is 38.2 Å². The molecular formula is C19H24N2O. The number of anilines is 2. The molecule has 2 aromatic rings. The summed E-state index contributed by atoms with van der Waals surface area (Å²) in [5.74, 6) is 0.0334. The van der Waals surface area contributed by atoms with Crippen LogP contribution in [0.5, 0.6) is 0 Å². The quantitative estimate of drug-likeness (QED) is 0.923. The van der Waals surface area contributed by atoms with Gasteiger partial charge >= 0.3 is 0 Å². The van der Waals surface area contributed by atoms with Crippen LogP contribution in [-0.4, -0.2) is 19.5 Å². The number of nitrogens with zero attached hydrogens (tertiary/aromatic N) is 1. The summed E-state index contributed by atoms with van der Waals surface area (Å²) >= 11 is 0. The number of carbonyl (C=O) groups excluding carboxylic acids is 1. The summed E-state index contributed by atoms with van der Waals surface area (Å²) in [5, 5.41) is 3.18. The van der Waals surface area contributed by atoms with Crippen molar-refractivity contribution in [2.75, 3.05) is 23.8 Å². The first-order valence-corrected chi connectivity index (χ1v) is 7.54. The van der Waals surface area contributed by atoms with Gasteiger partial charge in [0.15, 0.2) is 0 Å². The van der Waals surface area contributed by atoms with Gasteiger partial charge in [-0.2, -0.15) is 0 Å². The molecule has 0 saturated heterocycles. The Balaban J connectivity index is 1.94. The fourth-order valence-corrected chi connectivity index (χ4v) is 2.18. The van der Waals surface area contributed by atoms with E-state index in [1.54, 1.807) is 11.9 Å². The number of para-hydroxylation sites is 1. The summed E-state index contributed by atoms with van der Waals surface area (Å²) in [6, 6.07) is 17.9. The molecule has 1 N–H and O–H groups in total. The smallest absolute Gasteiger partial charge is 0.246 e. The highest BCUT2D eigenvalue weighted by molar-refractivity contribution is 5.95. The summed E-state index contributed by atoms with van der Waals surface area (Å²) in [5.41, 5.74) is 3.29. The molecule has 0 aromatic heterocycles. The predicted molar refractivity (Wildman–Crippen MR) is 93.5 cm³/mol. The predicted octanol–water partition coefficient (Wildman–Crippen LogP) is 4.06. The Bertz CT molecular complexity index is 612. The molecule has 0 aliphatic heterocycles. The Hall–Kier alpha value is -2.29. The second-order valence-electron chi connectivity index (χ2n) is 6.47. The largest absolute Gasteiger partial charge is 0.376 e. The molecule has 1 amide bonds. The monoisotopic (exact) mass is 296 g/mol. The van der Waals surface area contributed by atoms with Crippen molar-refractivity contribution in [3.05, 3.63) is 60.2 Å². The SMILES string of the molecule is CN(C(=O)CNc1ccc(C(C)(C)C)cc1)c1ccccc1. The van der Waals surface area contributed by atoms with Crippen LogP contribution in [0, 0.1) is 0 Å². The van der Waals surface area contributed by atoms with Crippen LogP contribution in [0.3, 0.4) is 0 Å². The number of hydrogen-bond acceptors (Lipinski definition) is 2. The maximum absolute atomic E-state index is 12.2. The van der Waals surface area contributed by atoms with Gasteiger partial charge in [0.2, 0.25) is 5.91 Å². The number of carbonyl (C=O) groups is 1. The van der Waals surface area contributed by atoms with Crippen LogP contribution in [0.1, 0.15) is 26.3 Å². The van der Waals surface area contributed by atoms with E-state index in [1.807, 2.05) is 42.5 Å². The van der Waals surface area contributed by atoms with E-state index in [4.69, 9.17) is 0 Å². The van der Waals surface area contributed by atoms with E-state index < -0.39 is 0 Å². The third-order valence-corrected chi connectivity index (χ3v) is 3.71. The summed E-state index contributed by atoms with van der Waals surface area (Å²) in [7, 11) is 1.79. The molecule has 0 atom stereocenters. The van der Waals surface area contributed by atoms with Gasteiger partial charge in [-0.25, -0.2) is 0 Å². The first-order valence-electron chi connectivity index (χ1n) is 7.54. The Labute approximate surface area is 133 Å². The first kappa shape index (κ1) is 16.1. The van der Waals surface area contributed by atoms with Gasteiger partial charge in [-0.05, 0) is 35.2 Å². The standard InChI is InChI=1S/C19H24N2O/c1-19(2,3)15-10-12-16(13-11-15)20-14-18(22)21(4)17-8-6-5-7-9-17/h5-13,20H,14H2,1-4H3. The number of amides is 1. The number of rotatable bonds is 4. The molecule has 2 rings (SSSR count). The Morgan fingerprint density at radius 2 is 1.59 bits per heavy atom. The fourth-order valence-electron chi connectivity index (χ4n) is 2.18. The third kappa shape index (κ3) is 4.10. The number of benzene rings is 2. The molecule has 3 heteroatoms. The second kappa shape index (κ2) is 6.65. The zero-order valence-electron chi connectivity index (χ0n) is 13.8. The highest BCUT2D eigenvalue weighted by Gasteiger charge is 2.13. The molecule has 0 heterocycles. The molecule has 2 aromatic carbocycles. The van der Waals surface area contributed by atoms with E-state index in [-0.39, 0.29) is 17.9 Å². The maximum Gasteiger partial charge on any atom is 0.246 e. The lowest BCUT2D eigenvalue weighted by molar-refractivity contribution is -0.116. The van der Waals surface area contributed by atoms with Gasteiger partial charge in [-0.3, -0.25) is 4.79 Å². The summed E-state index contributed by atoms with van der Waals surface area (Å²) in [6.45, 7) is 6.84.